The van der Waals surface area contributed by atoms with Crippen LogP contribution in [0.3, 0.4) is 0 Å². The van der Waals surface area contributed by atoms with E-state index in [2.05, 4.69) is 57.1 Å². The van der Waals surface area contributed by atoms with Crippen LogP contribution in [-0.2, 0) is 6.42 Å². The van der Waals surface area contributed by atoms with E-state index in [1.54, 1.807) is 11.3 Å². The van der Waals surface area contributed by atoms with Gasteiger partial charge in [-0.3, -0.25) is 0 Å². The lowest BCUT2D eigenvalue weighted by Crippen LogP contribution is -2.47. The molecule has 0 amide bonds. The lowest BCUT2D eigenvalue weighted by molar-refractivity contribution is 0.106. The molecule has 0 unspecified atom stereocenters. The van der Waals surface area contributed by atoms with Crippen molar-refractivity contribution in [1.29, 1.82) is 0 Å². The molecule has 0 radical (unpaired) electrons. The molecule has 1 aromatic heterocycles. The first kappa shape index (κ1) is 21.8. The van der Waals surface area contributed by atoms with Gasteiger partial charge in [0, 0.05) is 39.3 Å². The van der Waals surface area contributed by atoms with Crippen LogP contribution < -0.4 is 4.74 Å². The Morgan fingerprint density at radius 1 is 0.906 bits per heavy atom. The Labute approximate surface area is 195 Å². The molecule has 2 aliphatic rings. The van der Waals surface area contributed by atoms with Crippen LogP contribution in [0.5, 0.6) is 10.9 Å². The maximum absolute atomic E-state index is 5.98. The predicted molar refractivity (Wildman–Crippen MR) is 133 cm³/mol. The largest absolute Gasteiger partial charge is 0.431 e. The number of aromatic nitrogens is 1. The van der Waals surface area contributed by atoms with Gasteiger partial charge in [-0.05, 0) is 75.1 Å². The summed E-state index contributed by atoms with van der Waals surface area (Å²) in [5.74, 6) is 1.74. The fourth-order valence-electron chi connectivity index (χ4n) is 4.80. The summed E-state index contributed by atoms with van der Waals surface area (Å²) >= 11 is 1.59. The van der Waals surface area contributed by atoms with Crippen LogP contribution in [0.1, 0.15) is 18.4 Å². The van der Waals surface area contributed by atoms with E-state index >= 15 is 0 Å². The van der Waals surface area contributed by atoms with Gasteiger partial charge in [0.25, 0.3) is 5.19 Å². The molecule has 2 saturated heterocycles. The van der Waals surface area contributed by atoms with Crippen LogP contribution in [-0.4, -0.2) is 79.1 Å². The summed E-state index contributed by atoms with van der Waals surface area (Å²) in [6.45, 7) is 9.89. The minimum atomic E-state index is 0.707. The normalized spacial score (nSPS) is 19.5. The first-order valence-electron chi connectivity index (χ1n) is 12.0. The zero-order valence-corrected chi connectivity index (χ0v) is 19.9. The predicted octanol–water partition coefficient (Wildman–Crippen LogP) is 4.59. The third-order valence-electron chi connectivity index (χ3n) is 6.94. The van der Waals surface area contributed by atoms with Gasteiger partial charge in [0.2, 0.25) is 0 Å². The van der Waals surface area contributed by atoms with Crippen LogP contribution in [0.2, 0.25) is 0 Å². The van der Waals surface area contributed by atoms with Crippen molar-refractivity contribution in [3.63, 3.8) is 0 Å². The summed E-state index contributed by atoms with van der Waals surface area (Å²) in [7, 11) is 2.24. The van der Waals surface area contributed by atoms with Crippen LogP contribution in [0, 0.1) is 5.92 Å². The molecule has 0 bridgehead atoms. The maximum Gasteiger partial charge on any atom is 0.279 e. The Morgan fingerprint density at radius 2 is 1.66 bits per heavy atom. The van der Waals surface area contributed by atoms with Crippen LogP contribution in [0.25, 0.3) is 10.2 Å². The molecule has 0 atom stereocenters. The van der Waals surface area contributed by atoms with Gasteiger partial charge in [-0.15, -0.1) is 0 Å². The lowest BCUT2D eigenvalue weighted by atomic mass is 9.95. The van der Waals surface area contributed by atoms with Crippen LogP contribution in [0.4, 0.5) is 0 Å². The van der Waals surface area contributed by atoms with Gasteiger partial charge in [-0.25, -0.2) is 4.98 Å². The van der Waals surface area contributed by atoms with Crippen molar-refractivity contribution in [2.75, 3.05) is 59.4 Å². The van der Waals surface area contributed by atoms with Crippen molar-refractivity contribution in [2.24, 2.45) is 5.92 Å². The second kappa shape index (κ2) is 10.3. The van der Waals surface area contributed by atoms with Gasteiger partial charge < -0.3 is 19.4 Å². The molecule has 0 spiro atoms. The minimum Gasteiger partial charge on any atom is -0.431 e. The Morgan fingerprint density at radius 3 is 2.41 bits per heavy atom. The lowest BCUT2D eigenvalue weighted by Gasteiger charge is -2.38. The summed E-state index contributed by atoms with van der Waals surface area (Å²) in [6, 6.07) is 16.7. The second-order valence-electron chi connectivity index (χ2n) is 9.33. The molecule has 0 aliphatic carbocycles. The molecular weight excluding hydrogens is 416 g/mol. The van der Waals surface area contributed by atoms with Gasteiger partial charge in [-0.1, -0.05) is 35.6 Å². The Hall–Kier alpha value is -1.99. The summed E-state index contributed by atoms with van der Waals surface area (Å²) in [4.78, 5) is 12.3. The molecule has 6 heteroatoms. The highest BCUT2D eigenvalue weighted by Crippen LogP contribution is 2.31. The smallest absolute Gasteiger partial charge is 0.279 e. The first-order valence-corrected chi connectivity index (χ1v) is 12.8. The van der Waals surface area contributed by atoms with E-state index < -0.39 is 0 Å². The van der Waals surface area contributed by atoms with Gasteiger partial charge in [0.05, 0.1) is 10.2 Å². The average molecular weight is 451 g/mol. The third kappa shape index (κ3) is 5.67. The molecule has 2 aliphatic heterocycles. The molecule has 3 aromatic rings. The number of fused-ring (bicyclic) bond motifs is 1. The number of likely N-dealkylation sites (tertiary alicyclic amines) is 1. The number of rotatable bonds is 7. The van der Waals surface area contributed by atoms with Crippen LogP contribution in [0.15, 0.2) is 48.5 Å². The fourth-order valence-corrected chi connectivity index (χ4v) is 5.63. The van der Waals surface area contributed by atoms with E-state index in [9.17, 15) is 0 Å². The zero-order valence-electron chi connectivity index (χ0n) is 19.1. The Bertz CT molecular complexity index is 955. The van der Waals surface area contributed by atoms with Crippen molar-refractivity contribution in [3.8, 4) is 10.9 Å². The van der Waals surface area contributed by atoms with E-state index in [0.29, 0.717) is 5.19 Å². The third-order valence-corrected chi connectivity index (χ3v) is 7.85. The number of para-hydroxylation sites is 1. The van der Waals surface area contributed by atoms with Gasteiger partial charge in [-0.2, -0.15) is 0 Å². The van der Waals surface area contributed by atoms with Crippen molar-refractivity contribution in [1.82, 2.24) is 19.7 Å². The number of hydrogen-bond donors (Lipinski definition) is 0. The van der Waals surface area contributed by atoms with Crippen molar-refractivity contribution in [2.45, 2.75) is 19.3 Å². The number of thiazole rings is 1. The SMILES string of the molecule is CN1CCN(CC2CCN(CCc3ccc(Oc4nc5ccccc5s4)cc3)CC2)CC1. The molecule has 5 rings (SSSR count). The minimum absolute atomic E-state index is 0.707. The molecule has 5 nitrogen and oxygen atoms in total. The summed E-state index contributed by atoms with van der Waals surface area (Å²) in [5.41, 5.74) is 2.37. The molecular formula is C26H34N4OS. The number of piperidine rings is 1. The van der Waals surface area contributed by atoms with Gasteiger partial charge in [0.15, 0.2) is 0 Å². The average Bonchev–Trinajstić information content (AvgIpc) is 3.23. The summed E-state index contributed by atoms with van der Waals surface area (Å²) < 4.78 is 7.14. The van der Waals surface area contributed by atoms with E-state index in [1.807, 2.05) is 18.2 Å². The quantitative estimate of drug-likeness (QED) is 0.526. The molecule has 2 fully saturated rings. The standard InChI is InChI=1S/C26H34N4OS/c1-28-16-18-30(19-17-28)20-22-11-14-29(15-12-22)13-10-21-6-8-23(9-7-21)31-26-27-24-4-2-3-5-25(24)32-26/h2-9,22H,10-20H2,1H3. The highest BCUT2D eigenvalue weighted by atomic mass is 32.1. The molecule has 170 valence electrons. The molecule has 0 saturated carbocycles. The van der Waals surface area contributed by atoms with E-state index in [-0.39, 0.29) is 0 Å². The summed E-state index contributed by atoms with van der Waals surface area (Å²) in [6.07, 6.45) is 3.80. The van der Waals surface area contributed by atoms with E-state index in [0.717, 1.165) is 34.8 Å². The monoisotopic (exact) mass is 450 g/mol. The number of hydrogen-bond acceptors (Lipinski definition) is 6. The second-order valence-corrected chi connectivity index (χ2v) is 10.3. The van der Waals surface area contributed by atoms with Crippen LogP contribution >= 0.6 is 11.3 Å². The highest BCUT2D eigenvalue weighted by molar-refractivity contribution is 7.20. The van der Waals surface area contributed by atoms with Gasteiger partial charge >= 0.3 is 0 Å². The maximum atomic E-state index is 5.98. The highest BCUT2D eigenvalue weighted by Gasteiger charge is 2.23. The summed E-state index contributed by atoms with van der Waals surface area (Å²) in [5, 5.41) is 0.707. The number of likely N-dealkylation sites (N-methyl/N-ethyl adjacent to an activating group) is 1. The topological polar surface area (TPSA) is 31.8 Å². The zero-order chi connectivity index (χ0) is 21.8. The van der Waals surface area contributed by atoms with Crippen molar-refractivity contribution >= 4 is 21.6 Å². The van der Waals surface area contributed by atoms with Crippen molar-refractivity contribution < 1.29 is 4.74 Å². The first-order chi connectivity index (χ1) is 15.7. The van der Waals surface area contributed by atoms with Crippen molar-refractivity contribution in [3.05, 3.63) is 54.1 Å². The number of ether oxygens (including phenoxy) is 1. The molecule has 2 aromatic carbocycles. The molecule has 3 heterocycles. The fraction of sp³-hybridized carbons (Fsp3) is 0.500. The molecule has 0 N–H and O–H groups in total. The number of benzene rings is 2. The number of piperazine rings is 1. The van der Waals surface area contributed by atoms with E-state index in [4.69, 9.17) is 4.74 Å². The molecule has 32 heavy (non-hydrogen) atoms. The Balaban J connectivity index is 1.04. The van der Waals surface area contributed by atoms with Gasteiger partial charge in [0.1, 0.15) is 5.75 Å². The Kier molecular flexibility index (Phi) is 7.03. The van der Waals surface area contributed by atoms with E-state index in [1.165, 1.54) is 64.2 Å². The number of nitrogens with zero attached hydrogens (tertiary/aromatic N) is 4.